The number of rotatable bonds is 10. The van der Waals surface area contributed by atoms with Gasteiger partial charge in [0.1, 0.15) is 11.4 Å². The summed E-state index contributed by atoms with van der Waals surface area (Å²) in [6, 6.07) is 16.6. The molecule has 0 radical (unpaired) electrons. The summed E-state index contributed by atoms with van der Waals surface area (Å²) in [5.41, 5.74) is 4.31. The Hall–Kier alpha value is -2.85. The van der Waals surface area contributed by atoms with Gasteiger partial charge in [0.15, 0.2) is 5.03 Å². The maximum Gasteiger partial charge on any atom is 0.277 e. The zero-order chi connectivity index (χ0) is 26.0. The monoisotopic (exact) mass is 522 g/mol. The molecule has 0 unspecified atom stereocenters. The summed E-state index contributed by atoms with van der Waals surface area (Å²) < 4.78 is 12.1. The topological polar surface area (TPSA) is 77.9 Å². The van der Waals surface area contributed by atoms with E-state index in [9.17, 15) is 4.79 Å². The molecule has 3 aromatic rings. The van der Waals surface area contributed by atoms with Gasteiger partial charge in [-0.05, 0) is 61.2 Å². The Morgan fingerprint density at radius 2 is 1.76 bits per heavy atom. The number of carbonyl (C=O) groups excluding carboxylic acids is 1. The molecule has 1 fully saturated rings. The highest BCUT2D eigenvalue weighted by atomic mass is 32.2. The lowest BCUT2D eigenvalue weighted by atomic mass is 9.83. The molecule has 196 valence electrons. The van der Waals surface area contributed by atoms with Crippen molar-refractivity contribution in [1.82, 2.24) is 15.1 Å². The van der Waals surface area contributed by atoms with Crippen molar-refractivity contribution in [1.29, 1.82) is 0 Å². The lowest BCUT2D eigenvalue weighted by Crippen LogP contribution is -2.42. The van der Waals surface area contributed by atoms with Crippen LogP contribution >= 0.6 is 12.0 Å². The lowest BCUT2D eigenvalue weighted by Gasteiger charge is -2.33. The Labute approximate surface area is 222 Å². The second kappa shape index (κ2) is 10.9. The molecule has 37 heavy (non-hydrogen) atoms. The Kier molecular flexibility index (Phi) is 7.57. The van der Waals surface area contributed by atoms with E-state index in [0.29, 0.717) is 29.7 Å². The van der Waals surface area contributed by atoms with Crippen LogP contribution in [0.15, 0.2) is 53.6 Å². The van der Waals surface area contributed by atoms with Gasteiger partial charge in [-0.3, -0.25) is 4.79 Å². The SMILES string of the molecule is COOSc1nn(-c2ccc(OC)cc2)c2c1CCN(c1ccc(C(C)(C)CNC3CCC3)cc1)C2=O. The minimum atomic E-state index is -0.0903. The van der Waals surface area contributed by atoms with Gasteiger partial charge in [-0.1, -0.05) is 32.4 Å². The molecular formula is C28H34N4O4S. The molecule has 1 aromatic heterocycles. The van der Waals surface area contributed by atoms with Crippen LogP contribution in [0.4, 0.5) is 5.69 Å². The predicted octanol–water partition coefficient (Wildman–Crippen LogP) is 5.09. The number of anilines is 1. The minimum absolute atomic E-state index is 0.00759. The van der Waals surface area contributed by atoms with Gasteiger partial charge in [0.05, 0.1) is 31.9 Å². The highest BCUT2D eigenvalue weighted by molar-refractivity contribution is 7.94. The van der Waals surface area contributed by atoms with E-state index in [0.717, 1.165) is 41.3 Å². The Morgan fingerprint density at radius 1 is 1.05 bits per heavy atom. The van der Waals surface area contributed by atoms with Crippen molar-refractivity contribution in [2.75, 3.05) is 32.2 Å². The number of hydrogen-bond acceptors (Lipinski definition) is 7. The van der Waals surface area contributed by atoms with E-state index >= 15 is 0 Å². The molecule has 0 saturated heterocycles. The lowest BCUT2D eigenvalue weighted by molar-refractivity contribution is -0.160. The van der Waals surface area contributed by atoms with Crippen molar-refractivity contribution in [3.63, 3.8) is 0 Å². The molecule has 1 saturated carbocycles. The first-order chi connectivity index (χ1) is 17.9. The van der Waals surface area contributed by atoms with Crippen LogP contribution in [0.25, 0.3) is 5.69 Å². The molecule has 1 amide bonds. The number of aromatic nitrogens is 2. The Bertz CT molecular complexity index is 1240. The molecule has 2 heterocycles. The van der Waals surface area contributed by atoms with Gasteiger partial charge in [0.25, 0.3) is 5.91 Å². The van der Waals surface area contributed by atoms with Gasteiger partial charge in [-0.2, -0.15) is 9.43 Å². The maximum absolute atomic E-state index is 13.9. The van der Waals surface area contributed by atoms with Crippen LogP contribution in [0, 0.1) is 0 Å². The van der Waals surface area contributed by atoms with Crippen molar-refractivity contribution in [2.45, 2.75) is 56.0 Å². The molecule has 1 N–H and O–H groups in total. The molecule has 2 aromatic carbocycles. The average molecular weight is 523 g/mol. The Morgan fingerprint density at radius 3 is 2.38 bits per heavy atom. The van der Waals surface area contributed by atoms with E-state index in [1.165, 1.54) is 31.9 Å². The average Bonchev–Trinajstić information content (AvgIpc) is 3.26. The number of nitrogens with one attached hydrogen (secondary N) is 1. The summed E-state index contributed by atoms with van der Waals surface area (Å²) in [7, 11) is 3.07. The van der Waals surface area contributed by atoms with Gasteiger partial charge in [-0.15, -0.1) is 0 Å². The molecular weight excluding hydrogens is 488 g/mol. The van der Waals surface area contributed by atoms with E-state index in [2.05, 4.69) is 43.4 Å². The smallest absolute Gasteiger partial charge is 0.277 e. The summed E-state index contributed by atoms with van der Waals surface area (Å²) in [6.45, 7) is 6.03. The minimum Gasteiger partial charge on any atom is -0.497 e. The molecule has 1 aliphatic carbocycles. The summed E-state index contributed by atoms with van der Waals surface area (Å²) in [5.74, 6) is 0.647. The zero-order valence-corrected chi connectivity index (χ0v) is 22.6. The third kappa shape index (κ3) is 5.27. The highest BCUT2D eigenvalue weighted by Gasteiger charge is 2.34. The number of benzene rings is 2. The van der Waals surface area contributed by atoms with Crippen LogP contribution < -0.4 is 15.0 Å². The summed E-state index contributed by atoms with van der Waals surface area (Å²) in [4.78, 5) is 20.5. The molecule has 0 atom stereocenters. The van der Waals surface area contributed by atoms with Crippen molar-refractivity contribution in [3.05, 3.63) is 65.4 Å². The fourth-order valence-electron chi connectivity index (χ4n) is 4.82. The molecule has 9 heteroatoms. The number of carbonyl (C=O) groups is 1. The second-order valence-corrected chi connectivity index (χ2v) is 10.9. The molecule has 2 aliphatic rings. The number of fused-ring (bicyclic) bond motifs is 1. The quantitative estimate of drug-likeness (QED) is 0.226. The second-order valence-electron chi connectivity index (χ2n) is 10.2. The van der Waals surface area contributed by atoms with Crippen LogP contribution in [0.1, 0.15) is 54.7 Å². The van der Waals surface area contributed by atoms with Crippen LogP contribution in [-0.4, -0.2) is 49.0 Å². The van der Waals surface area contributed by atoms with Crippen molar-refractivity contribution < 1.29 is 18.8 Å². The van der Waals surface area contributed by atoms with E-state index in [-0.39, 0.29) is 11.3 Å². The van der Waals surface area contributed by atoms with Crippen LogP contribution in [0.3, 0.4) is 0 Å². The maximum atomic E-state index is 13.9. The predicted molar refractivity (Wildman–Crippen MR) is 145 cm³/mol. The molecule has 1 aliphatic heterocycles. The summed E-state index contributed by atoms with van der Waals surface area (Å²) >= 11 is 1.02. The zero-order valence-electron chi connectivity index (χ0n) is 21.8. The van der Waals surface area contributed by atoms with Gasteiger partial charge in [0, 0.05) is 35.8 Å². The molecule has 8 nitrogen and oxygen atoms in total. The van der Waals surface area contributed by atoms with Crippen LogP contribution in [0.5, 0.6) is 5.75 Å². The Balaban J connectivity index is 1.41. The van der Waals surface area contributed by atoms with E-state index in [4.69, 9.17) is 19.1 Å². The molecule has 5 rings (SSSR count). The van der Waals surface area contributed by atoms with E-state index in [1.54, 1.807) is 11.8 Å². The first kappa shape index (κ1) is 25.8. The molecule has 0 spiro atoms. The van der Waals surface area contributed by atoms with Gasteiger partial charge >= 0.3 is 0 Å². The normalized spacial score (nSPS) is 16.0. The van der Waals surface area contributed by atoms with E-state index < -0.39 is 0 Å². The largest absolute Gasteiger partial charge is 0.497 e. The number of methoxy groups -OCH3 is 1. The standard InChI is InChI=1S/C28H34N4O4S/c1-28(2,18-29-20-6-5-7-20)19-8-10-21(11-9-19)31-17-16-24-25(27(31)33)32(30-26(24)37-36-35-4)22-12-14-23(34-3)15-13-22/h8-15,20,29H,5-7,16-18H2,1-4H3. The van der Waals surface area contributed by atoms with Crippen LogP contribution in [0.2, 0.25) is 0 Å². The fourth-order valence-corrected chi connectivity index (χ4v) is 5.37. The van der Waals surface area contributed by atoms with Gasteiger partial charge in [-0.25, -0.2) is 9.57 Å². The van der Waals surface area contributed by atoms with Crippen molar-refractivity contribution >= 4 is 23.6 Å². The van der Waals surface area contributed by atoms with E-state index in [1.807, 2.05) is 29.2 Å². The fraction of sp³-hybridized carbons (Fsp3) is 0.429. The third-order valence-electron chi connectivity index (χ3n) is 7.38. The summed E-state index contributed by atoms with van der Waals surface area (Å²) in [5, 5.41) is 9.02. The first-order valence-electron chi connectivity index (χ1n) is 12.7. The number of hydrogen-bond donors (Lipinski definition) is 1. The number of ether oxygens (including phenoxy) is 1. The van der Waals surface area contributed by atoms with Crippen molar-refractivity contribution in [2.24, 2.45) is 0 Å². The molecule has 0 bridgehead atoms. The van der Waals surface area contributed by atoms with Crippen molar-refractivity contribution in [3.8, 4) is 11.4 Å². The summed E-state index contributed by atoms with van der Waals surface area (Å²) in [6.07, 6.45) is 4.54. The highest BCUT2D eigenvalue weighted by Crippen LogP contribution is 2.34. The third-order valence-corrected chi connectivity index (χ3v) is 8.07. The van der Waals surface area contributed by atoms with Gasteiger partial charge < -0.3 is 15.0 Å². The van der Waals surface area contributed by atoms with Crippen LogP contribution in [-0.2, 0) is 21.1 Å². The number of amides is 1. The van der Waals surface area contributed by atoms with Gasteiger partial charge in [0.2, 0.25) is 0 Å². The first-order valence-corrected chi connectivity index (χ1v) is 13.4. The number of nitrogens with zero attached hydrogens (tertiary/aromatic N) is 3.